The van der Waals surface area contributed by atoms with Crippen LogP contribution in [0.25, 0.3) is 0 Å². The van der Waals surface area contributed by atoms with Gasteiger partial charge in [-0.25, -0.2) is 0 Å². The van der Waals surface area contributed by atoms with Crippen LogP contribution < -0.4 is 0 Å². The Labute approximate surface area is 126 Å². The lowest BCUT2D eigenvalue weighted by Gasteiger charge is -2.45. The molecule has 110 valence electrons. The van der Waals surface area contributed by atoms with Crippen LogP contribution in [0.5, 0.6) is 0 Å². The lowest BCUT2D eigenvalue weighted by Crippen LogP contribution is -2.39. The lowest BCUT2D eigenvalue weighted by atomic mass is 9.59. The molecule has 21 heavy (non-hydrogen) atoms. The van der Waals surface area contributed by atoms with Gasteiger partial charge in [-0.3, -0.25) is 9.59 Å². The lowest BCUT2D eigenvalue weighted by molar-refractivity contribution is -0.124. The van der Waals surface area contributed by atoms with Gasteiger partial charge in [-0.2, -0.15) is 0 Å². The summed E-state index contributed by atoms with van der Waals surface area (Å²) in [6, 6.07) is 0. The van der Waals surface area contributed by atoms with Crippen molar-refractivity contribution in [1.82, 2.24) is 0 Å². The molecule has 4 aliphatic carbocycles. The van der Waals surface area contributed by atoms with Gasteiger partial charge in [0.2, 0.25) is 0 Å². The summed E-state index contributed by atoms with van der Waals surface area (Å²) in [6.45, 7) is 4.30. The Morgan fingerprint density at radius 2 is 2.00 bits per heavy atom. The minimum absolute atomic E-state index is 0.236. The van der Waals surface area contributed by atoms with Crippen LogP contribution in [0.1, 0.15) is 46.0 Å². The average Bonchev–Trinajstić information content (AvgIpc) is 2.76. The first-order valence-electron chi connectivity index (χ1n) is 8.19. The summed E-state index contributed by atoms with van der Waals surface area (Å²) in [5, 5.41) is 0. The number of fused-ring (bicyclic) bond motifs is 4. The van der Waals surface area contributed by atoms with E-state index in [4.69, 9.17) is 0 Å². The zero-order valence-corrected chi connectivity index (χ0v) is 12.8. The van der Waals surface area contributed by atoms with Crippen LogP contribution in [0.2, 0.25) is 0 Å². The topological polar surface area (TPSA) is 34.1 Å². The van der Waals surface area contributed by atoms with E-state index in [9.17, 15) is 9.59 Å². The molecule has 4 atom stereocenters. The van der Waals surface area contributed by atoms with E-state index in [1.165, 1.54) is 16.7 Å². The Bertz CT molecular complexity index is 634. The van der Waals surface area contributed by atoms with Crippen LogP contribution in [0.3, 0.4) is 0 Å². The van der Waals surface area contributed by atoms with Crippen LogP contribution in [-0.4, -0.2) is 11.6 Å². The van der Waals surface area contributed by atoms with Gasteiger partial charge in [-0.05, 0) is 73.7 Å². The Morgan fingerprint density at radius 3 is 2.81 bits per heavy atom. The molecule has 0 aromatic rings. The van der Waals surface area contributed by atoms with E-state index in [1.807, 2.05) is 6.08 Å². The molecule has 0 amide bonds. The highest BCUT2D eigenvalue weighted by Gasteiger charge is 2.52. The third-order valence-electron chi connectivity index (χ3n) is 6.45. The fourth-order valence-electron chi connectivity index (χ4n) is 5.16. The number of Topliss-reactive ketones (excluding diaryl/α,β-unsaturated/α-hetero) is 1. The second-order valence-electron chi connectivity index (χ2n) is 7.41. The molecule has 1 fully saturated rings. The highest BCUT2D eigenvalue weighted by Crippen LogP contribution is 2.56. The van der Waals surface area contributed by atoms with E-state index in [-0.39, 0.29) is 11.2 Å². The van der Waals surface area contributed by atoms with Crippen LogP contribution in [0.15, 0.2) is 34.9 Å². The number of ketones is 2. The van der Waals surface area contributed by atoms with Crippen molar-refractivity contribution in [2.45, 2.75) is 46.0 Å². The van der Waals surface area contributed by atoms with E-state index in [0.29, 0.717) is 30.0 Å². The van der Waals surface area contributed by atoms with E-state index in [2.05, 4.69) is 26.0 Å². The summed E-state index contributed by atoms with van der Waals surface area (Å²) in [6.07, 6.45) is 10.8. The van der Waals surface area contributed by atoms with E-state index < -0.39 is 0 Å². The van der Waals surface area contributed by atoms with Crippen LogP contribution in [0.4, 0.5) is 0 Å². The van der Waals surface area contributed by atoms with Gasteiger partial charge in [0.05, 0.1) is 0 Å². The molecule has 0 aromatic carbocycles. The molecule has 0 N–H and O–H groups in total. The second kappa shape index (κ2) is 4.28. The molecule has 2 nitrogen and oxygen atoms in total. The normalized spacial score (nSPS) is 41.6. The largest absolute Gasteiger partial charge is 0.299 e. The van der Waals surface area contributed by atoms with Gasteiger partial charge in [-0.15, -0.1) is 0 Å². The van der Waals surface area contributed by atoms with Crippen molar-refractivity contribution >= 4 is 11.6 Å². The summed E-state index contributed by atoms with van der Waals surface area (Å²) < 4.78 is 0. The Hall–Kier alpha value is -1.44. The molecule has 0 heterocycles. The molecule has 0 aromatic heterocycles. The highest BCUT2D eigenvalue weighted by atomic mass is 16.1. The van der Waals surface area contributed by atoms with Gasteiger partial charge in [0.25, 0.3) is 0 Å². The third kappa shape index (κ3) is 1.71. The van der Waals surface area contributed by atoms with Crippen LogP contribution in [-0.2, 0) is 9.59 Å². The smallest absolute Gasteiger partial charge is 0.156 e. The van der Waals surface area contributed by atoms with E-state index in [1.54, 1.807) is 0 Å². The summed E-state index contributed by atoms with van der Waals surface area (Å²) in [7, 11) is 0. The third-order valence-corrected chi connectivity index (χ3v) is 6.45. The Balaban J connectivity index is 1.84. The zero-order chi connectivity index (χ0) is 14.8. The van der Waals surface area contributed by atoms with Gasteiger partial charge in [0.15, 0.2) is 5.78 Å². The molecular formula is C19H22O2. The van der Waals surface area contributed by atoms with Crippen molar-refractivity contribution in [3.05, 3.63) is 34.9 Å². The molecule has 0 bridgehead atoms. The summed E-state index contributed by atoms with van der Waals surface area (Å²) in [4.78, 5) is 24.0. The zero-order valence-electron chi connectivity index (χ0n) is 12.8. The molecule has 1 saturated carbocycles. The molecule has 0 saturated heterocycles. The Kier molecular flexibility index (Phi) is 2.70. The first-order valence-corrected chi connectivity index (χ1v) is 8.19. The molecular weight excluding hydrogens is 260 g/mol. The van der Waals surface area contributed by atoms with Crippen molar-refractivity contribution in [3.8, 4) is 0 Å². The maximum Gasteiger partial charge on any atom is 0.156 e. The van der Waals surface area contributed by atoms with Crippen molar-refractivity contribution in [2.24, 2.45) is 23.2 Å². The number of allylic oxidation sites excluding steroid dienone is 6. The maximum atomic E-state index is 12.3. The Morgan fingerprint density at radius 1 is 1.19 bits per heavy atom. The summed E-state index contributed by atoms with van der Waals surface area (Å²) in [5.74, 6) is 2.21. The predicted molar refractivity (Wildman–Crippen MR) is 81.6 cm³/mol. The monoisotopic (exact) mass is 282 g/mol. The molecule has 4 unspecified atom stereocenters. The van der Waals surface area contributed by atoms with Gasteiger partial charge in [0, 0.05) is 18.3 Å². The van der Waals surface area contributed by atoms with Crippen molar-refractivity contribution in [2.75, 3.05) is 0 Å². The van der Waals surface area contributed by atoms with Gasteiger partial charge < -0.3 is 0 Å². The van der Waals surface area contributed by atoms with Crippen molar-refractivity contribution in [3.63, 3.8) is 0 Å². The first-order chi connectivity index (χ1) is 10.0. The average molecular weight is 282 g/mol. The van der Waals surface area contributed by atoms with Gasteiger partial charge in [0.1, 0.15) is 5.78 Å². The molecule has 0 aliphatic heterocycles. The number of hydrogen-bond donors (Lipinski definition) is 0. The molecule has 4 aliphatic rings. The first kappa shape index (κ1) is 13.2. The fraction of sp³-hybridized carbons (Fsp3) is 0.579. The SMILES string of the molecule is CC1=C2C=CC3(C)C(=O)CCC3C2CC2CCC(=O)C=C12. The number of carbonyl (C=O) groups is 2. The molecule has 0 radical (unpaired) electrons. The highest BCUT2D eigenvalue weighted by molar-refractivity contribution is 5.92. The number of rotatable bonds is 0. The van der Waals surface area contributed by atoms with E-state index >= 15 is 0 Å². The van der Waals surface area contributed by atoms with Gasteiger partial charge >= 0.3 is 0 Å². The summed E-state index contributed by atoms with van der Waals surface area (Å²) in [5.41, 5.74) is 3.74. The standard InChI is InChI=1S/C19H22O2/c1-11-14-7-8-19(2)17(5-6-18(19)21)16(14)9-12-3-4-13(20)10-15(11)12/h7-8,10,12,16-17H,3-6,9H2,1-2H3. The predicted octanol–water partition coefficient (Wildman–Crippen LogP) is 3.78. The van der Waals surface area contributed by atoms with E-state index in [0.717, 1.165) is 25.7 Å². The number of hydrogen-bond acceptors (Lipinski definition) is 2. The molecule has 4 rings (SSSR count). The summed E-state index contributed by atoms with van der Waals surface area (Å²) >= 11 is 0. The number of carbonyl (C=O) groups excluding carboxylic acids is 2. The fourth-order valence-corrected chi connectivity index (χ4v) is 5.16. The minimum Gasteiger partial charge on any atom is -0.299 e. The maximum absolute atomic E-state index is 12.3. The van der Waals surface area contributed by atoms with Crippen molar-refractivity contribution < 1.29 is 9.59 Å². The van der Waals surface area contributed by atoms with Crippen LogP contribution in [0, 0.1) is 23.2 Å². The molecule has 2 heteroatoms. The van der Waals surface area contributed by atoms with Crippen molar-refractivity contribution in [1.29, 1.82) is 0 Å². The quantitative estimate of drug-likeness (QED) is 0.677. The van der Waals surface area contributed by atoms with Gasteiger partial charge in [-0.1, -0.05) is 12.2 Å². The van der Waals surface area contributed by atoms with Crippen LogP contribution >= 0.6 is 0 Å². The minimum atomic E-state index is -0.236. The molecule has 0 spiro atoms. The second-order valence-corrected chi connectivity index (χ2v) is 7.41.